The molecular formula is C12H18N6O2. The van der Waals surface area contributed by atoms with Crippen molar-refractivity contribution in [3.05, 3.63) is 22.9 Å². The summed E-state index contributed by atoms with van der Waals surface area (Å²) in [6.45, 7) is 5.59. The van der Waals surface area contributed by atoms with Crippen LogP contribution in [-0.2, 0) is 4.74 Å². The molecule has 0 bridgehead atoms. The van der Waals surface area contributed by atoms with Crippen LogP contribution in [0.4, 0.5) is 5.82 Å². The standard InChI is InChI=1S/C12H18N6O2/c19-12-16-15-11-8-10(14-9-18(11)12)13-2-1-3-17-4-6-20-7-5-17/h8-9,13H,1-7H2,(H,16,19). The van der Waals surface area contributed by atoms with Gasteiger partial charge in [0, 0.05) is 25.7 Å². The lowest BCUT2D eigenvalue weighted by Gasteiger charge is -2.26. The molecule has 0 unspecified atom stereocenters. The molecule has 0 aliphatic carbocycles. The van der Waals surface area contributed by atoms with E-state index < -0.39 is 0 Å². The smallest absolute Gasteiger partial charge is 0.348 e. The molecule has 0 spiro atoms. The van der Waals surface area contributed by atoms with Gasteiger partial charge in [-0.1, -0.05) is 0 Å². The van der Waals surface area contributed by atoms with E-state index in [-0.39, 0.29) is 5.69 Å². The molecule has 0 aromatic carbocycles. The number of nitrogens with one attached hydrogen (secondary N) is 2. The molecule has 1 saturated heterocycles. The van der Waals surface area contributed by atoms with Crippen LogP contribution in [0.3, 0.4) is 0 Å². The van der Waals surface area contributed by atoms with Gasteiger partial charge in [0.05, 0.1) is 13.2 Å². The van der Waals surface area contributed by atoms with Crippen LogP contribution >= 0.6 is 0 Å². The van der Waals surface area contributed by atoms with E-state index in [0.29, 0.717) is 5.65 Å². The summed E-state index contributed by atoms with van der Waals surface area (Å²) < 4.78 is 6.69. The predicted molar refractivity (Wildman–Crippen MR) is 74.0 cm³/mol. The molecule has 1 aliphatic rings. The minimum absolute atomic E-state index is 0.272. The summed E-state index contributed by atoms with van der Waals surface area (Å²) in [6, 6.07) is 1.76. The highest BCUT2D eigenvalue weighted by Crippen LogP contribution is 2.04. The SMILES string of the molecule is O=c1[nH]nc2cc(NCCCN3CCOCC3)ncn12. The monoisotopic (exact) mass is 278 g/mol. The fourth-order valence-corrected chi connectivity index (χ4v) is 2.25. The first-order valence-corrected chi connectivity index (χ1v) is 6.80. The average Bonchev–Trinajstić information content (AvgIpc) is 2.86. The van der Waals surface area contributed by atoms with E-state index in [0.717, 1.165) is 51.6 Å². The Bertz CT molecular complexity index is 616. The molecule has 8 nitrogen and oxygen atoms in total. The number of ether oxygens (including phenoxy) is 1. The normalized spacial score (nSPS) is 16.6. The first kappa shape index (κ1) is 13.1. The minimum atomic E-state index is -0.272. The Kier molecular flexibility index (Phi) is 3.93. The molecule has 0 saturated carbocycles. The molecule has 1 fully saturated rings. The van der Waals surface area contributed by atoms with Crippen LogP contribution in [-0.4, -0.2) is 63.9 Å². The molecule has 1 aliphatic heterocycles. The highest BCUT2D eigenvalue weighted by atomic mass is 16.5. The predicted octanol–water partition coefficient (Wildman–Crippen LogP) is -0.448. The number of hydrogen-bond donors (Lipinski definition) is 2. The van der Waals surface area contributed by atoms with Gasteiger partial charge in [0.1, 0.15) is 12.1 Å². The van der Waals surface area contributed by atoms with Gasteiger partial charge in [0.25, 0.3) is 0 Å². The zero-order valence-corrected chi connectivity index (χ0v) is 11.2. The lowest BCUT2D eigenvalue weighted by atomic mass is 10.3. The molecule has 3 rings (SSSR count). The Hall–Kier alpha value is -1.93. The van der Waals surface area contributed by atoms with E-state index in [2.05, 4.69) is 25.4 Å². The van der Waals surface area contributed by atoms with Gasteiger partial charge in [-0.05, 0) is 13.0 Å². The summed E-state index contributed by atoms with van der Waals surface area (Å²) >= 11 is 0. The van der Waals surface area contributed by atoms with E-state index in [1.54, 1.807) is 6.07 Å². The van der Waals surface area contributed by atoms with Gasteiger partial charge in [0.15, 0.2) is 5.65 Å². The maximum Gasteiger partial charge on any atom is 0.348 e. The average molecular weight is 278 g/mol. The van der Waals surface area contributed by atoms with Gasteiger partial charge >= 0.3 is 5.69 Å². The highest BCUT2D eigenvalue weighted by Gasteiger charge is 2.09. The van der Waals surface area contributed by atoms with E-state index in [4.69, 9.17) is 4.74 Å². The number of morpholine rings is 1. The largest absolute Gasteiger partial charge is 0.379 e. The Balaban J connectivity index is 1.48. The van der Waals surface area contributed by atoms with Gasteiger partial charge < -0.3 is 10.1 Å². The molecule has 0 radical (unpaired) electrons. The summed E-state index contributed by atoms with van der Waals surface area (Å²) in [5.74, 6) is 0.735. The Labute approximate surface area is 115 Å². The molecule has 2 N–H and O–H groups in total. The van der Waals surface area contributed by atoms with Crippen LogP contribution in [0.1, 0.15) is 6.42 Å². The second-order valence-electron chi connectivity index (χ2n) is 4.77. The molecule has 0 atom stereocenters. The van der Waals surface area contributed by atoms with Crippen LogP contribution in [0.25, 0.3) is 5.65 Å². The molecule has 3 heterocycles. The van der Waals surface area contributed by atoms with Gasteiger partial charge in [-0.2, -0.15) is 5.10 Å². The third-order valence-electron chi connectivity index (χ3n) is 3.37. The van der Waals surface area contributed by atoms with E-state index in [9.17, 15) is 4.79 Å². The van der Waals surface area contributed by atoms with Crippen LogP contribution in [0, 0.1) is 0 Å². The van der Waals surface area contributed by atoms with Crippen molar-refractivity contribution < 1.29 is 4.74 Å². The Morgan fingerprint density at radius 1 is 1.40 bits per heavy atom. The van der Waals surface area contributed by atoms with Crippen molar-refractivity contribution >= 4 is 11.5 Å². The van der Waals surface area contributed by atoms with Crippen molar-refractivity contribution in [2.45, 2.75) is 6.42 Å². The zero-order valence-electron chi connectivity index (χ0n) is 11.2. The first-order chi connectivity index (χ1) is 9.83. The number of nitrogens with zero attached hydrogens (tertiary/aromatic N) is 4. The maximum atomic E-state index is 11.3. The second-order valence-corrected chi connectivity index (χ2v) is 4.77. The number of rotatable bonds is 5. The van der Waals surface area contributed by atoms with Crippen molar-refractivity contribution in [1.29, 1.82) is 0 Å². The lowest BCUT2D eigenvalue weighted by molar-refractivity contribution is 0.0378. The van der Waals surface area contributed by atoms with Crippen LogP contribution < -0.4 is 11.0 Å². The third kappa shape index (κ3) is 2.97. The third-order valence-corrected chi connectivity index (χ3v) is 3.37. The van der Waals surface area contributed by atoms with Crippen LogP contribution in [0.15, 0.2) is 17.2 Å². The van der Waals surface area contributed by atoms with Crippen molar-refractivity contribution in [3.8, 4) is 0 Å². The summed E-state index contributed by atoms with van der Waals surface area (Å²) in [5, 5.41) is 9.54. The van der Waals surface area contributed by atoms with Crippen LogP contribution in [0.2, 0.25) is 0 Å². The molecule has 20 heavy (non-hydrogen) atoms. The molecular weight excluding hydrogens is 260 g/mol. The highest BCUT2D eigenvalue weighted by molar-refractivity contribution is 5.48. The molecule has 8 heteroatoms. The molecule has 2 aromatic rings. The number of H-pyrrole nitrogens is 1. The zero-order chi connectivity index (χ0) is 13.8. The van der Waals surface area contributed by atoms with Crippen molar-refractivity contribution in [2.75, 3.05) is 44.7 Å². The van der Waals surface area contributed by atoms with Gasteiger partial charge in [-0.25, -0.2) is 19.3 Å². The number of aromatic amines is 1. The van der Waals surface area contributed by atoms with Gasteiger partial charge in [-0.15, -0.1) is 0 Å². The van der Waals surface area contributed by atoms with Crippen molar-refractivity contribution in [1.82, 2.24) is 24.5 Å². The topological polar surface area (TPSA) is 87.5 Å². The van der Waals surface area contributed by atoms with Crippen LogP contribution in [0.5, 0.6) is 0 Å². The summed E-state index contributed by atoms with van der Waals surface area (Å²) in [4.78, 5) is 17.9. The summed E-state index contributed by atoms with van der Waals surface area (Å²) in [5.41, 5.74) is 0.298. The van der Waals surface area contributed by atoms with Gasteiger partial charge in [0.2, 0.25) is 0 Å². The number of anilines is 1. The number of fused-ring (bicyclic) bond motifs is 1. The van der Waals surface area contributed by atoms with Crippen molar-refractivity contribution in [2.24, 2.45) is 0 Å². The number of aromatic nitrogens is 4. The first-order valence-electron chi connectivity index (χ1n) is 6.80. The molecule has 0 amide bonds. The number of hydrogen-bond acceptors (Lipinski definition) is 6. The molecule has 108 valence electrons. The van der Waals surface area contributed by atoms with Crippen molar-refractivity contribution in [3.63, 3.8) is 0 Å². The maximum absolute atomic E-state index is 11.3. The second kappa shape index (κ2) is 6.02. The fraction of sp³-hybridized carbons (Fsp3) is 0.583. The Morgan fingerprint density at radius 3 is 3.10 bits per heavy atom. The van der Waals surface area contributed by atoms with E-state index in [1.807, 2.05) is 0 Å². The quantitative estimate of drug-likeness (QED) is 0.720. The van der Waals surface area contributed by atoms with Gasteiger partial charge in [-0.3, -0.25) is 4.90 Å². The summed E-state index contributed by atoms with van der Waals surface area (Å²) in [6.07, 6.45) is 2.52. The molecule has 2 aromatic heterocycles. The fourth-order valence-electron chi connectivity index (χ4n) is 2.25. The Morgan fingerprint density at radius 2 is 2.25 bits per heavy atom. The van der Waals surface area contributed by atoms with E-state index >= 15 is 0 Å². The van der Waals surface area contributed by atoms with E-state index in [1.165, 1.54) is 10.7 Å². The minimum Gasteiger partial charge on any atom is -0.379 e. The summed E-state index contributed by atoms with van der Waals surface area (Å²) in [7, 11) is 0. The lowest BCUT2D eigenvalue weighted by Crippen LogP contribution is -2.37.